The molecule has 0 spiro atoms. The number of imidazole rings is 1. The van der Waals surface area contributed by atoms with E-state index >= 15 is 0 Å². The molecule has 0 aliphatic heterocycles. The zero-order chi connectivity index (χ0) is 18.5. The molecule has 0 saturated heterocycles. The average molecular weight is 353 g/mol. The molecule has 0 bridgehead atoms. The maximum absolute atomic E-state index is 12.5. The predicted octanol–water partition coefficient (Wildman–Crippen LogP) is 4.58. The highest BCUT2D eigenvalue weighted by Gasteiger charge is 2.14. The van der Waals surface area contributed by atoms with E-state index in [2.05, 4.69) is 17.4 Å². The van der Waals surface area contributed by atoms with Gasteiger partial charge in [-0.15, -0.1) is 0 Å². The summed E-state index contributed by atoms with van der Waals surface area (Å²) in [6, 6.07) is 25.7. The Hall–Kier alpha value is -3.66. The maximum atomic E-state index is 12.5. The zero-order valence-corrected chi connectivity index (χ0v) is 14.7. The Balaban J connectivity index is 1.62. The quantitative estimate of drug-likeness (QED) is 0.534. The summed E-state index contributed by atoms with van der Waals surface area (Å²) in [5.41, 5.74) is 3.78. The summed E-state index contributed by atoms with van der Waals surface area (Å²) in [6.45, 7) is 0. The van der Waals surface area contributed by atoms with Crippen LogP contribution in [0.15, 0.2) is 91.1 Å². The molecular formula is C23H19N3O. The lowest BCUT2D eigenvalue weighted by atomic mass is 10.1. The number of carbonyl (C=O) groups excluding carboxylic acids is 1. The van der Waals surface area contributed by atoms with E-state index in [0.29, 0.717) is 12.2 Å². The molecule has 0 radical (unpaired) electrons. The molecule has 0 aliphatic rings. The first kappa shape index (κ1) is 16.8. The van der Waals surface area contributed by atoms with Gasteiger partial charge in [-0.3, -0.25) is 9.20 Å². The Morgan fingerprint density at radius 1 is 0.926 bits per heavy atom. The number of hydrogen-bond donors (Lipinski definition) is 1. The van der Waals surface area contributed by atoms with Gasteiger partial charge in [-0.25, -0.2) is 4.98 Å². The second-order valence-corrected chi connectivity index (χ2v) is 6.23. The van der Waals surface area contributed by atoms with E-state index in [1.165, 1.54) is 0 Å². The molecule has 132 valence electrons. The van der Waals surface area contributed by atoms with Crippen LogP contribution in [0.4, 0.5) is 5.82 Å². The number of hydrogen-bond acceptors (Lipinski definition) is 2. The van der Waals surface area contributed by atoms with Crippen LogP contribution in [0.1, 0.15) is 16.8 Å². The van der Waals surface area contributed by atoms with E-state index in [1.54, 1.807) is 12.2 Å². The molecule has 27 heavy (non-hydrogen) atoms. The van der Waals surface area contributed by atoms with Crippen molar-refractivity contribution in [3.63, 3.8) is 0 Å². The summed E-state index contributed by atoms with van der Waals surface area (Å²) in [6.07, 6.45) is 5.91. The SMILES string of the molecule is O=C(/C=C/c1ccccc1)Nc1c(Cc2ccccc2)nc2ccccn12. The Bertz CT molecular complexity index is 1080. The molecule has 0 unspecified atom stereocenters. The van der Waals surface area contributed by atoms with E-state index in [4.69, 9.17) is 4.98 Å². The Morgan fingerprint density at radius 3 is 2.41 bits per heavy atom. The first-order chi connectivity index (χ1) is 13.3. The third kappa shape index (κ3) is 3.96. The highest BCUT2D eigenvalue weighted by atomic mass is 16.1. The lowest BCUT2D eigenvalue weighted by molar-refractivity contribution is -0.111. The molecule has 0 atom stereocenters. The number of fused-ring (bicyclic) bond motifs is 1. The molecular weight excluding hydrogens is 334 g/mol. The lowest BCUT2D eigenvalue weighted by Gasteiger charge is -2.06. The maximum Gasteiger partial charge on any atom is 0.249 e. The minimum Gasteiger partial charge on any atom is -0.307 e. The predicted molar refractivity (Wildman–Crippen MR) is 109 cm³/mol. The molecule has 1 amide bonds. The van der Waals surface area contributed by atoms with Crippen LogP contribution < -0.4 is 5.32 Å². The van der Waals surface area contributed by atoms with Crippen molar-refractivity contribution >= 4 is 23.4 Å². The van der Waals surface area contributed by atoms with Crippen LogP contribution in [-0.4, -0.2) is 15.3 Å². The van der Waals surface area contributed by atoms with E-state index < -0.39 is 0 Å². The summed E-state index contributed by atoms with van der Waals surface area (Å²) < 4.78 is 1.91. The van der Waals surface area contributed by atoms with Crippen molar-refractivity contribution in [3.05, 3.63) is 108 Å². The van der Waals surface area contributed by atoms with Gasteiger partial charge in [0.2, 0.25) is 5.91 Å². The fourth-order valence-corrected chi connectivity index (χ4v) is 2.98. The topological polar surface area (TPSA) is 46.4 Å². The number of amides is 1. The van der Waals surface area contributed by atoms with Crippen LogP contribution in [0, 0.1) is 0 Å². The largest absolute Gasteiger partial charge is 0.307 e. The lowest BCUT2D eigenvalue weighted by Crippen LogP contribution is -2.11. The number of benzene rings is 2. The van der Waals surface area contributed by atoms with Crippen molar-refractivity contribution < 1.29 is 4.79 Å². The zero-order valence-electron chi connectivity index (χ0n) is 14.7. The highest BCUT2D eigenvalue weighted by molar-refractivity contribution is 6.02. The molecule has 2 heterocycles. The van der Waals surface area contributed by atoms with Gasteiger partial charge in [-0.05, 0) is 29.3 Å². The Morgan fingerprint density at radius 2 is 1.63 bits per heavy atom. The molecule has 0 aliphatic carbocycles. The van der Waals surface area contributed by atoms with Crippen molar-refractivity contribution in [2.45, 2.75) is 6.42 Å². The highest BCUT2D eigenvalue weighted by Crippen LogP contribution is 2.21. The normalized spacial score (nSPS) is 11.1. The van der Waals surface area contributed by atoms with Crippen molar-refractivity contribution in [2.24, 2.45) is 0 Å². The molecule has 2 aromatic heterocycles. The van der Waals surface area contributed by atoms with Crippen LogP contribution in [0.25, 0.3) is 11.7 Å². The number of nitrogens with zero attached hydrogens (tertiary/aromatic N) is 2. The van der Waals surface area contributed by atoms with Gasteiger partial charge in [-0.1, -0.05) is 66.7 Å². The third-order valence-electron chi connectivity index (χ3n) is 4.28. The van der Waals surface area contributed by atoms with Crippen LogP contribution >= 0.6 is 0 Å². The Labute approximate surface area is 157 Å². The monoisotopic (exact) mass is 353 g/mol. The summed E-state index contributed by atoms with van der Waals surface area (Å²) in [7, 11) is 0. The van der Waals surface area contributed by atoms with E-state index in [0.717, 1.165) is 22.5 Å². The van der Waals surface area contributed by atoms with E-state index in [-0.39, 0.29) is 5.91 Å². The molecule has 0 fully saturated rings. The number of pyridine rings is 1. The second kappa shape index (κ2) is 7.70. The van der Waals surface area contributed by atoms with Crippen molar-refractivity contribution in [3.8, 4) is 0 Å². The van der Waals surface area contributed by atoms with Gasteiger partial charge in [-0.2, -0.15) is 0 Å². The fraction of sp³-hybridized carbons (Fsp3) is 0.0435. The minimum absolute atomic E-state index is 0.182. The average Bonchev–Trinajstić information content (AvgIpc) is 3.05. The third-order valence-corrected chi connectivity index (χ3v) is 4.28. The first-order valence-corrected chi connectivity index (χ1v) is 8.83. The van der Waals surface area contributed by atoms with Gasteiger partial charge in [0.05, 0.1) is 5.69 Å². The van der Waals surface area contributed by atoms with Crippen LogP contribution in [0.2, 0.25) is 0 Å². The first-order valence-electron chi connectivity index (χ1n) is 8.83. The molecule has 2 aromatic carbocycles. The van der Waals surface area contributed by atoms with Crippen molar-refractivity contribution in [2.75, 3.05) is 5.32 Å². The number of nitrogens with one attached hydrogen (secondary N) is 1. The van der Waals surface area contributed by atoms with Gasteiger partial charge < -0.3 is 5.32 Å². The van der Waals surface area contributed by atoms with Gasteiger partial charge in [0, 0.05) is 18.7 Å². The van der Waals surface area contributed by atoms with Gasteiger partial charge >= 0.3 is 0 Å². The second-order valence-electron chi connectivity index (χ2n) is 6.23. The van der Waals surface area contributed by atoms with Crippen LogP contribution in [-0.2, 0) is 11.2 Å². The van der Waals surface area contributed by atoms with Gasteiger partial charge in [0.25, 0.3) is 0 Å². The summed E-state index contributed by atoms with van der Waals surface area (Å²) in [5.74, 6) is 0.524. The van der Waals surface area contributed by atoms with E-state index in [1.807, 2.05) is 77.3 Å². The van der Waals surface area contributed by atoms with Crippen LogP contribution in [0.3, 0.4) is 0 Å². The summed E-state index contributed by atoms with van der Waals surface area (Å²) in [5, 5.41) is 3.00. The summed E-state index contributed by atoms with van der Waals surface area (Å²) in [4.78, 5) is 17.2. The molecule has 1 N–H and O–H groups in total. The number of aromatic nitrogens is 2. The molecule has 4 aromatic rings. The van der Waals surface area contributed by atoms with Crippen LogP contribution in [0.5, 0.6) is 0 Å². The van der Waals surface area contributed by atoms with Crippen molar-refractivity contribution in [1.29, 1.82) is 0 Å². The fourth-order valence-electron chi connectivity index (χ4n) is 2.98. The molecule has 4 heteroatoms. The van der Waals surface area contributed by atoms with Gasteiger partial charge in [0.15, 0.2) is 0 Å². The molecule has 4 rings (SSSR count). The number of carbonyl (C=O) groups is 1. The number of rotatable bonds is 5. The van der Waals surface area contributed by atoms with Crippen molar-refractivity contribution in [1.82, 2.24) is 9.38 Å². The summed E-state index contributed by atoms with van der Waals surface area (Å²) >= 11 is 0. The van der Waals surface area contributed by atoms with Gasteiger partial charge in [0.1, 0.15) is 11.5 Å². The minimum atomic E-state index is -0.182. The van der Waals surface area contributed by atoms with E-state index in [9.17, 15) is 4.79 Å². The molecule has 0 saturated carbocycles. The molecule has 4 nitrogen and oxygen atoms in total. The Kier molecular flexibility index (Phi) is 4.79. The smallest absolute Gasteiger partial charge is 0.249 e. The standard InChI is InChI=1S/C23H19N3O/c27-22(15-14-18-9-3-1-4-10-18)25-23-20(17-19-11-5-2-6-12-19)24-21-13-7-8-16-26(21)23/h1-16H,17H2,(H,25,27)/b15-14+. The number of anilines is 1.